The van der Waals surface area contributed by atoms with Crippen LogP contribution in [0.5, 0.6) is 0 Å². The Morgan fingerprint density at radius 2 is 2.08 bits per heavy atom. The summed E-state index contributed by atoms with van der Waals surface area (Å²) < 4.78 is 1.59. The van der Waals surface area contributed by atoms with Crippen LogP contribution in [0.3, 0.4) is 0 Å². The number of nitrogens with zero attached hydrogens (tertiary/aromatic N) is 5. The molecule has 1 saturated heterocycles. The normalized spacial score (nSPS) is 18.8. The van der Waals surface area contributed by atoms with Crippen molar-refractivity contribution in [3.63, 3.8) is 0 Å². The van der Waals surface area contributed by atoms with E-state index in [4.69, 9.17) is 5.73 Å². The molecule has 1 aromatic heterocycles. The van der Waals surface area contributed by atoms with Crippen LogP contribution in [-0.4, -0.2) is 49.6 Å². The van der Waals surface area contributed by atoms with Crippen LogP contribution < -0.4 is 5.73 Å². The summed E-state index contributed by atoms with van der Waals surface area (Å²) in [5.74, 6) is 0.155. The predicted octanol–water partition coefficient (Wildman–Crippen LogP) is 1.35. The molecule has 2 unspecified atom stereocenters. The van der Waals surface area contributed by atoms with Crippen LogP contribution in [0, 0.1) is 0 Å². The van der Waals surface area contributed by atoms with E-state index in [1.807, 2.05) is 36.1 Å². The lowest BCUT2D eigenvalue weighted by Gasteiger charge is -2.38. The Hall–Kier alpha value is -1.99. The number of tetrazole rings is 1. The summed E-state index contributed by atoms with van der Waals surface area (Å²) in [7, 11) is 0. The second-order valence-corrected chi connectivity index (χ2v) is 6.11. The molecule has 1 aliphatic rings. The Morgan fingerprint density at radius 3 is 2.71 bits per heavy atom. The van der Waals surface area contributed by atoms with E-state index < -0.39 is 0 Å². The van der Waals surface area contributed by atoms with Crippen LogP contribution in [0.2, 0.25) is 0 Å². The highest BCUT2D eigenvalue weighted by molar-refractivity contribution is 5.85. The number of likely N-dealkylation sites (tertiary alicyclic amines) is 1. The number of halogens is 1. The summed E-state index contributed by atoms with van der Waals surface area (Å²) in [6, 6.07) is 7.90. The number of piperidine rings is 1. The van der Waals surface area contributed by atoms with Gasteiger partial charge in [0.05, 0.1) is 12.1 Å². The molecule has 2 N–H and O–H groups in total. The highest BCUT2D eigenvalue weighted by Crippen LogP contribution is 2.20. The second kappa shape index (κ2) is 8.21. The fraction of sp³-hybridized carbons (Fsp3) is 0.500. The summed E-state index contributed by atoms with van der Waals surface area (Å²) in [6.07, 6.45) is 5.16. The maximum absolute atomic E-state index is 12.6. The molecule has 2 heterocycles. The third-order valence-electron chi connectivity index (χ3n) is 4.38. The third kappa shape index (κ3) is 4.10. The molecule has 8 heteroatoms. The van der Waals surface area contributed by atoms with Gasteiger partial charge < -0.3 is 10.6 Å². The lowest BCUT2D eigenvalue weighted by atomic mass is 9.96. The highest BCUT2D eigenvalue weighted by Gasteiger charge is 2.28. The van der Waals surface area contributed by atoms with Gasteiger partial charge in [-0.15, -0.1) is 17.5 Å². The summed E-state index contributed by atoms with van der Waals surface area (Å²) in [5.41, 5.74) is 7.91. The van der Waals surface area contributed by atoms with Crippen molar-refractivity contribution in [2.45, 2.75) is 44.7 Å². The maximum Gasteiger partial charge on any atom is 0.227 e. The van der Waals surface area contributed by atoms with Crippen molar-refractivity contribution in [3.05, 3.63) is 36.2 Å². The first kappa shape index (κ1) is 18.4. The predicted molar refractivity (Wildman–Crippen MR) is 93.1 cm³/mol. The van der Waals surface area contributed by atoms with E-state index in [9.17, 15) is 4.79 Å². The largest absolute Gasteiger partial charge is 0.338 e. The molecule has 1 fully saturated rings. The number of hydrogen-bond acceptors (Lipinski definition) is 5. The van der Waals surface area contributed by atoms with Gasteiger partial charge in [0, 0.05) is 18.6 Å². The van der Waals surface area contributed by atoms with E-state index in [0.717, 1.165) is 37.1 Å². The number of benzene rings is 1. The third-order valence-corrected chi connectivity index (χ3v) is 4.38. The van der Waals surface area contributed by atoms with Crippen LogP contribution in [-0.2, 0) is 11.2 Å². The SMILES string of the molecule is CC(N)C1CCCCN1C(=O)Cc1ccc(-n2cnnn2)cc1.Cl. The molecule has 2 atom stereocenters. The van der Waals surface area contributed by atoms with Gasteiger partial charge in [0.15, 0.2) is 0 Å². The van der Waals surface area contributed by atoms with Crippen LogP contribution in [0.1, 0.15) is 31.7 Å². The first-order valence-electron chi connectivity index (χ1n) is 8.02. The molecule has 130 valence electrons. The average molecular weight is 351 g/mol. The molecule has 0 radical (unpaired) electrons. The van der Waals surface area contributed by atoms with Gasteiger partial charge in [-0.3, -0.25) is 4.79 Å². The molecule has 2 aromatic rings. The monoisotopic (exact) mass is 350 g/mol. The number of nitrogens with two attached hydrogens (primary N) is 1. The van der Waals surface area contributed by atoms with Crippen molar-refractivity contribution in [1.29, 1.82) is 0 Å². The van der Waals surface area contributed by atoms with E-state index in [-0.39, 0.29) is 30.4 Å². The molecular weight excluding hydrogens is 328 g/mol. The lowest BCUT2D eigenvalue weighted by Crippen LogP contribution is -2.52. The van der Waals surface area contributed by atoms with Gasteiger partial charge in [0.25, 0.3) is 0 Å². The van der Waals surface area contributed by atoms with E-state index in [2.05, 4.69) is 15.5 Å². The molecule has 1 aliphatic heterocycles. The first-order valence-corrected chi connectivity index (χ1v) is 8.02. The quantitative estimate of drug-likeness (QED) is 0.899. The van der Waals surface area contributed by atoms with Crippen LogP contribution >= 0.6 is 12.4 Å². The Morgan fingerprint density at radius 1 is 1.33 bits per heavy atom. The number of rotatable bonds is 4. The second-order valence-electron chi connectivity index (χ2n) is 6.11. The van der Waals surface area contributed by atoms with Crippen molar-refractivity contribution in [1.82, 2.24) is 25.1 Å². The van der Waals surface area contributed by atoms with Crippen LogP contribution in [0.4, 0.5) is 0 Å². The van der Waals surface area contributed by atoms with Gasteiger partial charge in [0.2, 0.25) is 5.91 Å². The number of aromatic nitrogens is 4. The minimum Gasteiger partial charge on any atom is -0.338 e. The van der Waals surface area contributed by atoms with Crippen molar-refractivity contribution in [3.8, 4) is 5.69 Å². The zero-order valence-corrected chi connectivity index (χ0v) is 14.5. The van der Waals surface area contributed by atoms with Gasteiger partial charge in [-0.2, -0.15) is 0 Å². The van der Waals surface area contributed by atoms with Crippen LogP contribution in [0.25, 0.3) is 5.69 Å². The summed E-state index contributed by atoms with van der Waals surface area (Å²) in [4.78, 5) is 14.6. The summed E-state index contributed by atoms with van der Waals surface area (Å²) in [6.45, 7) is 2.80. The van der Waals surface area contributed by atoms with Crippen molar-refractivity contribution < 1.29 is 4.79 Å². The van der Waals surface area contributed by atoms with Crippen molar-refractivity contribution in [2.24, 2.45) is 5.73 Å². The van der Waals surface area contributed by atoms with Gasteiger partial charge in [-0.25, -0.2) is 4.68 Å². The molecule has 7 nitrogen and oxygen atoms in total. The molecule has 3 rings (SSSR count). The Labute approximate surface area is 147 Å². The molecule has 0 aliphatic carbocycles. The highest BCUT2D eigenvalue weighted by atomic mass is 35.5. The van der Waals surface area contributed by atoms with Gasteiger partial charge >= 0.3 is 0 Å². The summed E-state index contributed by atoms with van der Waals surface area (Å²) >= 11 is 0. The smallest absolute Gasteiger partial charge is 0.227 e. The van der Waals surface area contributed by atoms with E-state index >= 15 is 0 Å². The van der Waals surface area contributed by atoms with Crippen LogP contribution in [0.15, 0.2) is 30.6 Å². The zero-order valence-electron chi connectivity index (χ0n) is 13.7. The van der Waals surface area contributed by atoms with Crippen molar-refractivity contribution in [2.75, 3.05) is 6.54 Å². The topological polar surface area (TPSA) is 89.9 Å². The molecule has 1 amide bonds. The van der Waals surface area contributed by atoms with E-state index in [1.165, 1.54) is 0 Å². The zero-order chi connectivity index (χ0) is 16.2. The Balaban J connectivity index is 0.00000208. The van der Waals surface area contributed by atoms with Gasteiger partial charge in [0.1, 0.15) is 6.33 Å². The lowest BCUT2D eigenvalue weighted by molar-refractivity contribution is -0.134. The standard InChI is InChI=1S/C16H22N6O.ClH/c1-12(17)15-4-2-3-9-21(15)16(23)10-13-5-7-14(8-6-13)22-11-18-19-20-22;/h5-8,11-12,15H,2-4,9-10,17H2,1H3;1H. The number of carbonyl (C=O) groups excluding carboxylic acids is 1. The minimum atomic E-state index is 0. The van der Waals surface area contributed by atoms with E-state index in [0.29, 0.717) is 6.42 Å². The van der Waals surface area contributed by atoms with Gasteiger partial charge in [-0.1, -0.05) is 12.1 Å². The average Bonchev–Trinajstić information content (AvgIpc) is 3.10. The minimum absolute atomic E-state index is 0. The number of amides is 1. The maximum atomic E-state index is 12.6. The summed E-state index contributed by atoms with van der Waals surface area (Å²) in [5, 5.41) is 11.1. The van der Waals surface area contributed by atoms with Crippen molar-refractivity contribution >= 4 is 18.3 Å². The molecule has 0 spiro atoms. The fourth-order valence-corrected chi connectivity index (χ4v) is 3.14. The molecule has 24 heavy (non-hydrogen) atoms. The first-order chi connectivity index (χ1) is 11.1. The Bertz CT molecular complexity index is 643. The molecule has 0 bridgehead atoms. The molecular formula is C16H23ClN6O. The molecule has 0 saturated carbocycles. The van der Waals surface area contributed by atoms with E-state index in [1.54, 1.807) is 11.0 Å². The fourth-order valence-electron chi connectivity index (χ4n) is 3.14. The Kier molecular flexibility index (Phi) is 6.28. The number of carbonyl (C=O) groups is 1. The number of hydrogen-bond donors (Lipinski definition) is 1. The van der Waals surface area contributed by atoms with Gasteiger partial charge in [-0.05, 0) is 54.3 Å². The molecule has 1 aromatic carbocycles.